The van der Waals surface area contributed by atoms with Crippen LogP contribution in [0.1, 0.15) is 13.8 Å². The van der Waals surface area contributed by atoms with Crippen LogP contribution in [0.2, 0.25) is 0 Å². The van der Waals surface area contributed by atoms with E-state index in [-0.39, 0.29) is 0 Å². The Morgan fingerprint density at radius 3 is 0.667 bits per heavy atom. The topological polar surface area (TPSA) is 0 Å². The Balaban J connectivity index is 9.68. The van der Waals surface area contributed by atoms with Crippen molar-refractivity contribution in [2.24, 2.45) is 0 Å². The van der Waals surface area contributed by atoms with Crippen LogP contribution in [0, 0.1) is 0 Å². The normalized spacial score (nSPS) is 18.9. The van der Waals surface area contributed by atoms with Gasteiger partial charge in [0.05, 0.1) is 0 Å². The molecule has 0 aromatic carbocycles. The molecule has 0 radical (unpaired) electrons. The molecule has 252 valence electrons. The van der Waals surface area contributed by atoms with Gasteiger partial charge in [-0.15, -0.1) is 0 Å². The van der Waals surface area contributed by atoms with Gasteiger partial charge in [-0.2, -0.15) is 96.6 Å². The Kier molecular flexibility index (Phi) is 9.23. The summed E-state index contributed by atoms with van der Waals surface area (Å²) in [5.41, 5.74) is -47.0. The molecular formula is C16H6F26. The second-order valence-corrected chi connectivity index (χ2v) is 8.21. The maximum atomic E-state index is 15.1. The summed E-state index contributed by atoms with van der Waals surface area (Å²) in [4.78, 5) is 0. The van der Waals surface area contributed by atoms with Crippen LogP contribution >= 0.6 is 0 Å². The molecule has 26 heteroatoms. The van der Waals surface area contributed by atoms with Crippen LogP contribution < -0.4 is 0 Å². The highest BCUT2D eigenvalue weighted by Crippen LogP contribution is 2.67. The number of allylic oxidation sites excluding steroid dienone is 2. The monoisotopic (exact) mass is 692 g/mol. The summed E-state index contributed by atoms with van der Waals surface area (Å²) in [6, 6.07) is 0. The Hall–Kier alpha value is -2.08. The zero-order chi connectivity index (χ0) is 35.2. The number of hydrogen-bond donors (Lipinski definition) is 0. The van der Waals surface area contributed by atoms with E-state index in [1.54, 1.807) is 0 Å². The molecule has 0 aromatic rings. The van der Waals surface area contributed by atoms with Crippen LogP contribution in [0.5, 0.6) is 0 Å². The summed E-state index contributed by atoms with van der Waals surface area (Å²) in [7, 11) is 0. The van der Waals surface area contributed by atoms with Crippen molar-refractivity contribution in [2.75, 3.05) is 0 Å². The molecule has 0 aromatic heterocycles. The second-order valence-electron chi connectivity index (χ2n) is 8.21. The van der Waals surface area contributed by atoms with Crippen LogP contribution in [0.15, 0.2) is 11.1 Å². The van der Waals surface area contributed by atoms with Gasteiger partial charge in [-0.1, -0.05) is 0 Å². The van der Waals surface area contributed by atoms with Crippen molar-refractivity contribution in [1.82, 2.24) is 0 Å². The van der Waals surface area contributed by atoms with Crippen LogP contribution in [-0.4, -0.2) is 71.6 Å². The zero-order valence-corrected chi connectivity index (χ0v) is 18.8. The smallest absolute Gasteiger partial charge is 0.232 e. The average molecular weight is 692 g/mol. The Morgan fingerprint density at radius 1 is 0.262 bits per heavy atom. The molecule has 0 saturated heterocycles. The van der Waals surface area contributed by atoms with Gasteiger partial charge >= 0.3 is 60.2 Å². The van der Waals surface area contributed by atoms with Gasteiger partial charge in [-0.3, -0.25) is 0 Å². The number of halogens is 26. The van der Waals surface area contributed by atoms with E-state index in [4.69, 9.17) is 0 Å². The van der Waals surface area contributed by atoms with Crippen molar-refractivity contribution in [3.8, 4) is 0 Å². The van der Waals surface area contributed by atoms with Crippen LogP contribution in [-0.2, 0) is 0 Å². The molecule has 2 unspecified atom stereocenters. The van der Waals surface area contributed by atoms with Crippen LogP contribution in [0.4, 0.5) is 114 Å². The molecule has 0 rings (SSSR count). The lowest BCUT2D eigenvalue weighted by atomic mass is 9.68. The average Bonchev–Trinajstić information content (AvgIpc) is 2.64. The molecule has 42 heavy (non-hydrogen) atoms. The highest BCUT2D eigenvalue weighted by atomic mass is 19.5. The lowest BCUT2D eigenvalue weighted by molar-refractivity contribution is -0.380. The summed E-state index contributed by atoms with van der Waals surface area (Å²) < 4.78 is 351. The Bertz CT molecular complexity index is 945. The lowest BCUT2D eigenvalue weighted by Gasteiger charge is -2.47. The first-order valence-corrected chi connectivity index (χ1v) is 9.16. The molecule has 0 saturated carbocycles. The summed E-state index contributed by atoms with van der Waals surface area (Å²) in [5.74, 6) is -17.2. The minimum Gasteiger partial charge on any atom is -0.232 e. The first kappa shape index (κ1) is 39.9. The third kappa shape index (κ3) is 5.39. The van der Waals surface area contributed by atoms with E-state index < -0.39 is 96.6 Å². The van der Waals surface area contributed by atoms with E-state index in [0.29, 0.717) is 0 Å². The molecule has 0 aliphatic rings. The minimum absolute atomic E-state index is 2.11. The summed E-state index contributed by atoms with van der Waals surface area (Å²) in [5, 5.41) is 0. The number of rotatable bonds is 6. The van der Waals surface area contributed by atoms with Crippen LogP contribution in [0.3, 0.4) is 0 Å². The van der Waals surface area contributed by atoms with Gasteiger partial charge in [-0.05, 0) is 13.8 Å². The standard InChI is InChI=1S/C16H6F26/c1-5(17,9(21,22)10(23,24)16(40,41)42)3(6(2,18)11(25,26)27)4(7(19,12(28,29)30)13(31,32)33)8(20,14(34,35)36)15(37,38)39/h1-2H3. The number of alkyl halides is 26. The molecule has 0 heterocycles. The molecule has 0 amide bonds. The van der Waals surface area contributed by atoms with Crippen molar-refractivity contribution >= 4 is 0 Å². The number of hydrogen-bond acceptors (Lipinski definition) is 0. The predicted molar refractivity (Wildman–Crippen MR) is 80.0 cm³/mol. The fourth-order valence-electron chi connectivity index (χ4n) is 3.15. The van der Waals surface area contributed by atoms with Gasteiger partial charge in [0.2, 0.25) is 11.3 Å². The fraction of sp³-hybridized carbons (Fsp3) is 0.875. The first-order chi connectivity index (χ1) is 17.5. The van der Waals surface area contributed by atoms with E-state index in [9.17, 15) is 110 Å². The van der Waals surface area contributed by atoms with Crippen molar-refractivity contribution in [3.05, 3.63) is 11.1 Å². The summed E-state index contributed by atoms with van der Waals surface area (Å²) in [6.07, 6.45) is -51.6. The van der Waals surface area contributed by atoms with E-state index >= 15 is 4.39 Å². The van der Waals surface area contributed by atoms with Gasteiger partial charge in [-0.25, -0.2) is 17.6 Å². The second kappa shape index (κ2) is 9.71. The molecule has 0 bridgehead atoms. The van der Waals surface area contributed by atoms with E-state index in [0.717, 1.165) is 0 Å². The quantitative estimate of drug-likeness (QED) is 0.192. The maximum Gasteiger partial charge on any atom is 0.460 e. The molecule has 0 aliphatic carbocycles. The SMILES string of the molecule is CC(F)(C(=C(C(F)(C(F)(F)F)C(F)(F)F)C(F)(C(F)(F)F)C(F)(F)F)C(C)(F)C(F)(F)C(F)(F)C(F)(F)F)C(F)(F)F. The molecular weight excluding hydrogens is 686 g/mol. The minimum atomic E-state index is -9.26. The highest BCUT2D eigenvalue weighted by molar-refractivity contribution is 5.49. The van der Waals surface area contributed by atoms with Crippen molar-refractivity contribution in [3.63, 3.8) is 0 Å². The highest BCUT2D eigenvalue weighted by Gasteiger charge is 2.90. The van der Waals surface area contributed by atoms with Gasteiger partial charge in [0, 0.05) is 11.1 Å². The van der Waals surface area contributed by atoms with Crippen molar-refractivity contribution in [1.29, 1.82) is 0 Å². The molecule has 0 fully saturated rings. The van der Waals surface area contributed by atoms with E-state index in [1.807, 2.05) is 0 Å². The van der Waals surface area contributed by atoms with Gasteiger partial charge in [0.15, 0.2) is 0 Å². The zero-order valence-electron chi connectivity index (χ0n) is 18.8. The van der Waals surface area contributed by atoms with Gasteiger partial charge < -0.3 is 0 Å². The molecule has 0 nitrogen and oxygen atoms in total. The molecule has 2 atom stereocenters. The van der Waals surface area contributed by atoms with Crippen LogP contribution in [0.25, 0.3) is 0 Å². The van der Waals surface area contributed by atoms with Crippen molar-refractivity contribution < 1.29 is 114 Å². The largest absolute Gasteiger partial charge is 0.460 e. The Morgan fingerprint density at radius 2 is 0.500 bits per heavy atom. The molecule has 0 aliphatic heterocycles. The van der Waals surface area contributed by atoms with Crippen molar-refractivity contribution in [2.45, 2.75) is 85.4 Å². The fourth-order valence-corrected chi connectivity index (χ4v) is 3.15. The summed E-state index contributed by atoms with van der Waals surface area (Å²) in [6.45, 7) is -4.42. The molecule has 0 N–H and O–H groups in total. The van der Waals surface area contributed by atoms with E-state index in [2.05, 4.69) is 0 Å². The Labute approximate surface area is 212 Å². The summed E-state index contributed by atoms with van der Waals surface area (Å²) >= 11 is 0. The van der Waals surface area contributed by atoms with Gasteiger partial charge in [0.1, 0.15) is 0 Å². The lowest BCUT2D eigenvalue weighted by Crippen LogP contribution is -2.70. The molecule has 0 spiro atoms. The third-order valence-corrected chi connectivity index (χ3v) is 5.31. The van der Waals surface area contributed by atoms with E-state index in [1.165, 1.54) is 0 Å². The maximum absolute atomic E-state index is 15.1. The first-order valence-electron chi connectivity index (χ1n) is 9.16. The predicted octanol–water partition coefficient (Wildman–Crippen LogP) is 9.80. The van der Waals surface area contributed by atoms with Gasteiger partial charge in [0.25, 0.3) is 0 Å². The third-order valence-electron chi connectivity index (χ3n) is 5.31.